The molecule has 0 aliphatic carbocycles. The SMILES string of the molecule is CC1CCN(Cc2ccc(NC(=O)NCc3noc4ccccc34)cc2)CC1. The Bertz CT molecular complexity index is 927. The Labute approximate surface area is 164 Å². The van der Waals surface area contributed by atoms with E-state index in [-0.39, 0.29) is 6.03 Å². The third-order valence-electron chi connectivity index (χ3n) is 5.36. The predicted molar refractivity (Wildman–Crippen MR) is 110 cm³/mol. The second-order valence-electron chi connectivity index (χ2n) is 7.59. The quantitative estimate of drug-likeness (QED) is 0.691. The number of aromatic nitrogens is 1. The summed E-state index contributed by atoms with van der Waals surface area (Å²) in [6.45, 7) is 5.95. The summed E-state index contributed by atoms with van der Waals surface area (Å²) in [6, 6.07) is 15.4. The Kier molecular flexibility index (Phi) is 5.58. The van der Waals surface area contributed by atoms with Gasteiger partial charge in [0, 0.05) is 17.6 Å². The highest BCUT2D eigenvalue weighted by atomic mass is 16.5. The van der Waals surface area contributed by atoms with Crippen molar-refractivity contribution in [2.75, 3.05) is 18.4 Å². The summed E-state index contributed by atoms with van der Waals surface area (Å²) < 4.78 is 5.26. The Morgan fingerprint density at radius 2 is 1.89 bits per heavy atom. The van der Waals surface area contributed by atoms with Crippen molar-refractivity contribution in [3.8, 4) is 0 Å². The summed E-state index contributed by atoms with van der Waals surface area (Å²) in [5.41, 5.74) is 3.49. The number of para-hydroxylation sites is 1. The summed E-state index contributed by atoms with van der Waals surface area (Å²) in [7, 11) is 0. The maximum absolute atomic E-state index is 12.2. The average Bonchev–Trinajstić information content (AvgIpc) is 3.13. The molecule has 0 unspecified atom stereocenters. The molecule has 2 N–H and O–H groups in total. The predicted octanol–water partition coefficient (Wildman–Crippen LogP) is 4.38. The largest absolute Gasteiger partial charge is 0.356 e. The van der Waals surface area contributed by atoms with Crippen molar-refractivity contribution in [3.63, 3.8) is 0 Å². The summed E-state index contributed by atoms with van der Waals surface area (Å²) in [5.74, 6) is 0.844. The zero-order chi connectivity index (χ0) is 19.3. The number of nitrogens with zero attached hydrogens (tertiary/aromatic N) is 2. The number of amides is 2. The van der Waals surface area contributed by atoms with Gasteiger partial charge in [0.1, 0.15) is 5.69 Å². The average molecular weight is 378 g/mol. The Morgan fingerprint density at radius 1 is 1.14 bits per heavy atom. The van der Waals surface area contributed by atoms with Crippen LogP contribution in [0.2, 0.25) is 0 Å². The van der Waals surface area contributed by atoms with Crippen LogP contribution in [0.5, 0.6) is 0 Å². The van der Waals surface area contributed by atoms with Gasteiger partial charge in [0.25, 0.3) is 0 Å². The first kappa shape index (κ1) is 18.5. The highest BCUT2D eigenvalue weighted by molar-refractivity contribution is 5.89. The van der Waals surface area contributed by atoms with Gasteiger partial charge in [-0.15, -0.1) is 0 Å². The van der Waals surface area contributed by atoms with Gasteiger partial charge in [-0.2, -0.15) is 0 Å². The minimum absolute atomic E-state index is 0.259. The van der Waals surface area contributed by atoms with Crippen LogP contribution in [0, 0.1) is 5.92 Å². The lowest BCUT2D eigenvalue weighted by Gasteiger charge is -2.30. The molecule has 6 heteroatoms. The molecule has 146 valence electrons. The standard InChI is InChI=1S/C22H26N4O2/c1-16-10-12-26(13-11-16)15-17-6-8-18(9-7-17)24-22(27)23-14-20-19-4-2-3-5-21(19)28-25-20/h2-9,16H,10-15H2,1H3,(H2,23,24,27). The van der Waals surface area contributed by atoms with Crippen LogP contribution < -0.4 is 10.6 Å². The van der Waals surface area contributed by atoms with Gasteiger partial charge in [-0.3, -0.25) is 4.90 Å². The first-order valence-electron chi connectivity index (χ1n) is 9.87. The maximum atomic E-state index is 12.2. The Hall–Kier alpha value is -2.86. The van der Waals surface area contributed by atoms with Crippen molar-refractivity contribution in [3.05, 3.63) is 59.8 Å². The van der Waals surface area contributed by atoms with Crippen molar-refractivity contribution in [2.45, 2.75) is 32.9 Å². The van der Waals surface area contributed by atoms with Crippen LogP contribution in [0.1, 0.15) is 31.0 Å². The monoisotopic (exact) mass is 378 g/mol. The molecule has 1 aromatic heterocycles. The van der Waals surface area contributed by atoms with Crippen molar-refractivity contribution >= 4 is 22.7 Å². The Balaban J connectivity index is 1.27. The van der Waals surface area contributed by atoms with E-state index in [0.29, 0.717) is 6.54 Å². The molecule has 2 amide bonds. The van der Waals surface area contributed by atoms with Gasteiger partial charge in [-0.05, 0) is 61.7 Å². The summed E-state index contributed by atoms with van der Waals surface area (Å²) in [5, 5.41) is 10.6. The minimum Gasteiger partial charge on any atom is -0.356 e. The summed E-state index contributed by atoms with van der Waals surface area (Å²) in [6.07, 6.45) is 2.56. The fraction of sp³-hybridized carbons (Fsp3) is 0.364. The number of hydrogen-bond donors (Lipinski definition) is 2. The molecule has 0 bridgehead atoms. The van der Waals surface area contributed by atoms with Crippen LogP contribution >= 0.6 is 0 Å². The number of carbonyl (C=O) groups is 1. The van der Waals surface area contributed by atoms with Gasteiger partial charge < -0.3 is 15.2 Å². The highest BCUT2D eigenvalue weighted by Gasteiger charge is 2.15. The second-order valence-corrected chi connectivity index (χ2v) is 7.59. The van der Waals surface area contributed by atoms with E-state index in [0.717, 1.165) is 34.8 Å². The molecule has 0 spiro atoms. The number of likely N-dealkylation sites (tertiary alicyclic amines) is 1. The third-order valence-corrected chi connectivity index (χ3v) is 5.36. The van der Waals surface area contributed by atoms with Gasteiger partial charge in [-0.25, -0.2) is 4.79 Å². The molecule has 0 atom stereocenters. The smallest absolute Gasteiger partial charge is 0.319 e. The van der Waals surface area contributed by atoms with E-state index >= 15 is 0 Å². The van der Waals surface area contributed by atoms with Gasteiger partial charge in [-0.1, -0.05) is 36.3 Å². The number of urea groups is 1. The molecule has 1 saturated heterocycles. The van der Waals surface area contributed by atoms with E-state index < -0.39 is 0 Å². The van der Waals surface area contributed by atoms with Crippen LogP contribution in [-0.2, 0) is 13.1 Å². The Morgan fingerprint density at radius 3 is 2.68 bits per heavy atom. The molecular weight excluding hydrogens is 352 g/mol. The van der Waals surface area contributed by atoms with E-state index in [1.54, 1.807) is 0 Å². The molecule has 3 aromatic rings. The van der Waals surface area contributed by atoms with Crippen LogP contribution in [0.25, 0.3) is 11.0 Å². The molecular formula is C22H26N4O2. The van der Waals surface area contributed by atoms with Gasteiger partial charge in [0.2, 0.25) is 0 Å². The molecule has 0 radical (unpaired) electrons. The number of anilines is 1. The molecule has 28 heavy (non-hydrogen) atoms. The summed E-state index contributed by atoms with van der Waals surface area (Å²) in [4.78, 5) is 14.7. The molecule has 1 fully saturated rings. The van der Waals surface area contributed by atoms with Gasteiger partial charge >= 0.3 is 6.03 Å². The number of hydrogen-bond acceptors (Lipinski definition) is 4. The van der Waals surface area contributed by atoms with E-state index in [9.17, 15) is 4.79 Å². The summed E-state index contributed by atoms with van der Waals surface area (Å²) >= 11 is 0. The van der Waals surface area contributed by atoms with Gasteiger partial charge in [0.05, 0.1) is 6.54 Å². The lowest BCUT2D eigenvalue weighted by Crippen LogP contribution is -2.32. The fourth-order valence-electron chi connectivity index (χ4n) is 3.58. The van der Waals surface area contributed by atoms with E-state index in [2.05, 4.69) is 39.7 Å². The third kappa shape index (κ3) is 4.51. The van der Waals surface area contributed by atoms with Crippen molar-refractivity contribution in [2.24, 2.45) is 5.92 Å². The number of carbonyl (C=O) groups excluding carboxylic acids is 1. The molecule has 0 saturated carbocycles. The zero-order valence-corrected chi connectivity index (χ0v) is 16.1. The van der Waals surface area contributed by atoms with Crippen molar-refractivity contribution in [1.82, 2.24) is 15.4 Å². The molecule has 1 aliphatic rings. The van der Waals surface area contributed by atoms with E-state index in [1.165, 1.54) is 31.5 Å². The molecule has 4 rings (SSSR count). The topological polar surface area (TPSA) is 70.4 Å². The molecule has 1 aliphatic heterocycles. The zero-order valence-electron chi connectivity index (χ0n) is 16.1. The number of benzene rings is 2. The molecule has 2 aromatic carbocycles. The minimum atomic E-state index is -0.259. The lowest BCUT2D eigenvalue weighted by atomic mass is 9.99. The number of nitrogens with one attached hydrogen (secondary N) is 2. The number of rotatable bonds is 5. The van der Waals surface area contributed by atoms with Crippen LogP contribution in [0.4, 0.5) is 10.5 Å². The van der Waals surface area contributed by atoms with E-state index in [4.69, 9.17) is 4.52 Å². The van der Waals surface area contributed by atoms with Crippen molar-refractivity contribution in [1.29, 1.82) is 0 Å². The second kappa shape index (κ2) is 8.44. The van der Waals surface area contributed by atoms with Crippen LogP contribution in [0.15, 0.2) is 53.1 Å². The molecule has 6 nitrogen and oxygen atoms in total. The van der Waals surface area contributed by atoms with Crippen LogP contribution in [-0.4, -0.2) is 29.2 Å². The highest BCUT2D eigenvalue weighted by Crippen LogP contribution is 2.19. The fourth-order valence-corrected chi connectivity index (χ4v) is 3.58. The number of piperidine rings is 1. The first-order valence-corrected chi connectivity index (χ1v) is 9.87. The lowest BCUT2D eigenvalue weighted by molar-refractivity contribution is 0.185. The van der Waals surface area contributed by atoms with Crippen molar-refractivity contribution < 1.29 is 9.32 Å². The van der Waals surface area contributed by atoms with E-state index in [1.807, 2.05) is 36.4 Å². The first-order chi connectivity index (χ1) is 13.7. The maximum Gasteiger partial charge on any atom is 0.319 e. The normalized spacial score (nSPS) is 15.6. The number of fused-ring (bicyclic) bond motifs is 1. The van der Waals surface area contributed by atoms with Crippen LogP contribution in [0.3, 0.4) is 0 Å². The van der Waals surface area contributed by atoms with Gasteiger partial charge in [0.15, 0.2) is 5.58 Å². The molecule has 2 heterocycles.